The summed E-state index contributed by atoms with van der Waals surface area (Å²) in [6, 6.07) is 4.48. The Morgan fingerprint density at radius 1 is 1.45 bits per heavy atom. The van der Waals surface area contributed by atoms with Crippen LogP contribution in [0.4, 0.5) is 5.69 Å². The summed E-state index contributed by atoms with van der Waals surface area (Å²) in [5.41, 5.74) is 5.87. The number of halogens is 1. The van der Waals surface area contributed by atoms with Crippen LogP contribution in [-0.2, 0) is 14.3 Å². The predicted molar refractivity (Wildman–Crippen MR) is 72.4 cm³/mol. The molecular formula is C13H13ClN2O4. The summed E-state index contributed by atoms with van der Waals surface area (Å²) in [5, 5.41) is 0.316. The Hall–Kier alpha value is -2.08. The lowest BCUT2D eigenvalue weighted by molar-refractivity contribution is -0.123. The van der Waals surface area contributed by atoms with Gasteiger partial charge in [0.15, 0.2) is 0 Å². The number of amides is 2. The van der Waals surface area contributed by atoms with Crippen molar-refractivity contribution < 1.29 is 19.1 Å². The molecule has 0 bridgehead atoms. The van der Waals surface area contributed by atoms with Gasteiger partial charge in [0.1, 0.15) is 0 Å². The molecule has 0 spiro atoms. The average molecular weight is 297 g/mol. The van der Waals surface area contributed by atoms with E-state index in [4.69, 9.17) is 17.3 Å². The van der Waals surface area contributed by atoms with E-state index in [1.807, 2.05) is 0 Å². The number of hydrogen-bond acceptors (Lipinski definition) is 4. The van der Waals surface area contributed by atoms with E-state index < -0.39 is 17.8 Å². The summed E-state index contributed by atoms with van der Waals surface area (Å²) >= 11 is 6.05. The van der Waals surface area contributed by atoms with Crippen LogP contribution in [0.3, 0.4) is 0 Å². The molecule has 1 aliphatic rings. The molecule has 1 saturated heterocycles. The average Bonchev–Trinajstić information content (AvgIpc) is 2.80. The summed E-state index contributed by atoms with van der Waals surface area (Å²) in [6.45, 7) is 0.165. The number of benzene rings is 1. The van der Waals surface area contributed by atoms with Gasteiger partial charge in [-0.25, -0.2) is 4.79 Å². The van der Waals surface area contributed by atoms with E-state index >= 15 is 0 Å². The Kier molecular flexibility index (Phi) is 3.94. The molecule has 1 fully saturated rings. The fourth-order valence-corrected chi connectivity index (χ4v) is 2.31. The Labute approximate surface area is 120 Å². The molecule has 0 radical (unpaired) electrons. The fraction of sp³-hybridized carbons (Fsp3) is 0.308. The van der Waals surface area contributed by atoms with Crippen LogP contribution in [0.5, 0.6) is 0 Å². The molecule has 7 heteroatoms. The first-order chi connectivity index (χ1) is 9.43. The van der Waals surface area contributed by atoms with Crippen LogP contribution in [0.15, 0.2) is 18.2 Å². The van der Waals surface area contributed by atoms with Gasteiger partial charge in [0, 0.05) is 13.0 Å². The van der Waals surface area contributed by atoms with Crippen molar-refractivity contribution in [3.63, 3.8) is 0 Å². The topological polar surface area (TPSA) is 89.7 Å². The van der Waals surface area contributed by atoms with E-state index in [-0.39, 0.29) is 24.4 Å². The van der Waals surface area contributed by atoms with Gasteiger partial charge in [-0.2, -0.15) is 0 Å². The Bertz CT molecular complexity index is 588. The molecule has 1 aromatic rings. The van der Waals surface area contributed by atoms with Gasteiger partial charge in [0.05, 0.1) is 29.3 Å². The van der Waals surface area contributed by atoms with E-state index in [2.05, 4.69) is 4.74 Å². The molecule has 2 rings (SSSR count). The van der Waals surface area contributed by atoms with E-state index in [1.54, 1.807) is 0 Å². The van der Waals surface area contributed by atoms with Crippen LogP contribution < -0.4 is 10.6 Å². The molecular weight excluding hydrogens is 284 g/mol. The molecule has 6 nitrogen and oxygen atoms in total. The van der Waals surface area contributed by atoms with Crippen LogP contribution in [0.2, 0.25) is 5.02 Å². The second-order valence-electron chi connectivity index (χ2n) is 4.47. The third-order valence-corrected chi connectivity index (χ3v) is 3.51. The molecule has 1 aromatic carbocycles. The number of ether oxygens (including phenoxy) is 1. The molecule has 0 aliphatic carbocycles. The first-order valence-corrected chi connectivity index (χ1v) is 6.29. The van der Waals surface area contributed by atoms with Crippen molar-refractivity contribution in [3.05, 3.63) is 28.8 Å². The number of rotatable bonds is 3. The highest BCUT2D eigenvalue weighted by Gasteiger charge is 2.35. The normalized spacial score (nSPS) is 18.2. The predicted octanol–water partition coefficient (Wildman–Crippen LogP) is 0.965. The zero-order chi connectivity index (χ0) is 14.9. The molecule has 0 saturated carbocycles. The molecule has 1 atom stereocenters. The number of esters is 1. The fourth-order valence-electron chi connectivity index (χ4n) is 2.10. The number of carbonyl (C=O) groups is 3. The number of carbonyl (C=O) groups excluding carboxylic acids is 3. The van der Waals surface area contributed by atoms with Crippen molar-refractivity contribution in [1.29, 1.82) is 0 Å². The maximum Gasteiger partial charge on any atom is 0.337 e. The number of primary amides is 1. The summed E-state index contributed by atoms with van der Waals surface area (Å²) in [7, 11) is 1.26. The zero-order valence-corrected chi connectivity index (χ0v) is 11.5. The summed E-state index contributed by atoms with van der Waals surface area (Å²) in [6.07, 6.45) is 0.0497. The number of anilines is 1. The standard InChI is InChI=1S/C13H13ClN2O4/c1-20-13(19)7-2-3-9(14)10(4-7)16-6-8(12(15)18)5-11(16)17/h2-4,8H,5-6H2,1H3,(H2,15,18). The Morgan fingerprint density at radius 3 is 2.70 bits per heavy atom. The first-order valence-electron chi connectivity index (χ1n) is 5.91. The highest BCUT2D eigenvalue weighted by atomic mass is 35.5. The maximum atomic E-state index is 11.9. The third kappa shape index (κ3) is 2.60. The van der Waals surface area contributed by atoms with Gasteiger partial charge in [-0.3, -0.25) is 9.59 Å². The van der Waals surface area contributed by atoms with E-state index in [1.165, 1.54) is 30.2 Å². The van der Waals surface area contributed by atoms with Crippen molar-refractivity contribution >= 4 is 35.1 Å². The number of nitrogens with two attached hydrogens (primary N) is 1. The van der Waals surface area contributed by atoms with Crippen LogP contribution in [0, 0.1) is 5.92 Å². The summed E-state index contributed by atoms with van der Waals surface area (Å²) in [5.74, 6) is -1.85. The van der Waals surface area contributed by atoms with Crippen LogP contribution >= 0.6 is 11.6 Å². The molecule has 2 N–H and O–H groups in total. The molecule has 20 heavy (non-hydrogen) atoms. The smallest absolute Gasteiger partial charge is 0.337 e. The lowest BCUT2D eigenvalue weighted by Crippen LogP contribution is -2.28. The van der Waals surface area contributed by atoms with Gasteiger partial charge in [-0.1, -0.05) is 11.6 Å². The van der Waals surface area contributed by atoms with E-state index in [9.17, 15) is 14.4 Å². The van der Waals surface area contributed by atoms with Crippen molar-refractivity contribution in [3.8, 4) is 0 Å². The van der Waals surface area contributed by atoms with Gasteiger partial charge in [-0.15, -0.1) is 0 Å². The number of hydrogen-bond donors (Lipinski definition) is 1. The minimum absolute atomic E-state index is 0.0497. The SMILES string of the molecule is COC(=O)c1ccc(Cl)c(N2CC(C(N)=O)CC2=O)c1. The molecule has 0 aromatic heterocycles. The van der Waals surface area contributed by atoms with Crippen molar-refractivity contribution in [2.45, 2.75) is 6.42 Å². The molecule has 106 valence electrons. The van der Waals surface area contributed by atoms with Crippen molar-refractivity contribution in [2.24, 2.45) is 11.7 Å². The third-order valence-electron chi connectivity index (χ3n) is 3.19. The number of methoxy groups -OCH3 is 1. The van der Waals surface area contributed by atoms with Crippen LogP contribution in [0.1, 0.15) is 16.8 Å². The minimum Gasteiger partial charge on any atom is -0.465 e. The van der Waals surface area contributed by atoms with E-state index in [0.717, 1.165) is 0 Å². The maximum absolute atomic E-state index is 11.9. The Balaban J connectivity index is 2.35. The zero-order valence-electron chi connectivity index (χ0n) is 10.8. The van der Waals surface area contributed by atoms with Gasteiger partial charge in [-0.05, 0) is 18.2 Å². The van der Waals surface area contributed by atoms with Crippen LogP contribution in [-0.4, -0.2) is 31.4 Å². The van der Waals surface area contributed by atoms with Gasteiger partial charge >= 0.3 is 5.97 Å². The first kappa shape index (κ1) is 14.3. The molecule has 1 heterocycles. The summed E-state index contributed by atoms with van der Waals surface area (Å²) in [4.78, 5) is 36.0. The second-order valence-corrected chi connectivity index (χ2v) is 4.87. The van der Waals surface area contributed by atoms with Crippen molar-refractivity contribution in [2.75, 3.05) is 18.6 Å². The minimum atomic E-state index is -0.541. The molecule has 2 amide bonds. The van der Waals surface area contributed by atoms with Gasteiger partial charge in [0.25, 0.3) is 0 Å². The summed E-state index contributed by atoms with van der Waals surface area (Å²) < 4.78 is 4.62. The van der Waals surface area contributed by atoms with Gasteiger partial charge in [0.2, 0.25) is 11.8 Å². The largest absolute Gasteiger partial charge is 0.465 e. The molecule has 1 aliphatic heterocycles. The van der Waals surface area contributed by atoms with Gasteiger partial charge < -0.3 is 15.4 Å². The monoisotopic (exact) mass is 296 g/mol. The Morgan fingerprint density at radius 2 is 2.15 bits per heavy atom. The lowest BCUT2D eigenvalue weighted by Gasteiger charge is -2.18. The molecule has 1 unspecified atom stereocenters. The number of nitrogens with zero attached hydrogens (tertiary/aromatic N) is 1. The van der Waals surface area contributed by atoms with Crippen molar-refractivity contribution in [1.82, 2.24) is 0 Å². The second kappa shape index (κ2) is 5.50. The van der Waals surface area contributed by atoms with E-state index in [0.29, 0.717) is 10.7 Å². The highest BCUT2D eigenvalue weighted by molar-refractivity contribution is 6.34. The lowest BCUT2D eigenvalue weighted by atomic mass is 10.1. The highest BCUT2D eigenvalue weighted by Crippen LogP contribution is 2.32. The quantitative estimate of drug-likeness (QED) is 0.841. The van der Waals surface area contributed by atoms with Crippen LogP contribution in [0.25, 0.3) is 0 Å².